The van der Waals surface area contributed by atoms with Crippen LogP contribution < -0.4 is 10.6 Å². The number of nitrogens with zero attached hydrogens (tertiary/aromatic N) is 6. The van der Waals surface area contributed by atoms with Gasteiger partial charge >= 0.3 is 0 Å². The maximum Gasteiger partial charge on any atom is 0.192 e. The molecule has 1 aliphatic rings. The van der Waals surface area contributed by atoms with E-state index in [1.54, 1.807) is 11.3 Å². The van der Waals surface area contributed by atoms with Crippen molar-refractivity contribution in [3.05, 3.63) is 27.2 Å². The van der Waals surface area contributed by atoms with E-state index in [4.69, 9.17) is 9.73 Å². The van der Waals surface area contributed by atoms with Crippen LogP contribution >= 0.6 is 35.3 Å². The molecule has 0 spiro atoms. The van der Waals surface area contributed by atoms with Gasteiger partial charge in [0.1, 0.15) is 17.4 Å². The molecule has 1 aliphatic heterocycles. The zero-order chi connectivity index (χ0) is 19.9. The molecule has 0 saturated carbocycles. The van der Waals surface area contributed by atoms with E-state index in [0.717, 1.165) is 67.7 Å². The van der Waals surface area contributed by atoms with Crippen LogP contribution in [0.15, 0.2) is 4.99 Å². The number of nitrogens with one attached hydrogen (secondary N) is 2. The Bertz CT molecular complexity index is 780. The summed E-state index contributed by atoms with van der Waals surface area (Å²) in [4.78, 5) is 12.9. The van der Waals surface area contributed by atoms with Crippen LogP contribution in [0.1, 0.15) is 27.2 Å². The number of aromatic nitrogens is 4. The Morgan fingerprint density at radius 3 is 2.55 bits per heavy atom. The normalized spacial score (nSPS) is 15.2. The number of morpholine rings is 1. The fourth-order valence-electron chi connectivity index (χ4n) is 2.84. The second-order valence-electron chi connectivity index (χ2n) is 6.87. The summed E-state index contributed by atoms with van der Waals surface area (Å²) < 4.78 is 7.37. The number of hydrogen-bond donors (Lipinski definition) is 2. The van der Waals surface area contributed by atoms with E-state index in [9.17, 15) is 0 Å². The van der Waals surface area contributed by atoms with Gasteiger partial charge in [0, 0.05) is 38.1 Å². The summed E-state index contributed by atoms with van der Waals surface area (Å²) >= 11 is 1.72. The van der Waals surface area contributed by atoms with Gasteiger partial charge in [0.05, 0.1) is 25.5 Å². The number of rotatable bonds is 7. The highest BCUT2D eigenvalue weighted by Crippen LogP contribution is 2.15. The minimum absolute atomic E-state index is 0. The van der Waals surface area contributed by atoms with Crippen LogP contribution in [0.4, 0.5) is 0 Å². The zero-order valence-corrected chi connectivity index (χ0v) is 20.7. The number of aryl methyl sites for hydroxylation is 3. The average Bonchev–Trinajstić information content (AvgIpc) is 3.19. The van der Waals surface area contributed by atoms with E-state index >= 15 is 0 Å². The number of halogens is 1. The highest BCUT2D eigenvalue weighted by molar-refractivity contribution is 14.0. The lowest BCUT2D eigenvalue weighted by Gasteiger charge is -2.26. The Morgan fingerprint density at radius 1 is 1.17 bits per heavy atom. The molecule has 0 aromatic carbocycles. The van der Waals surface area contributed by atoms with Gasteiger partial charge in [-0.05, 0) is 20.8 Å². The van der Waals surface area contributed by atoms with Crippen molar-refractivity contribution in [3.8, 4) is 0 Å². The van der Waals surface area contributed by atoms with Gasteiger partial charge in [0.15, 0.2) is 11.8 Å². The fraction of sp³-hybridized carbons (Fsp3) is 0.667. The van der Waals surface area contributed by atoms with Crippen molar-refractivity contribution in [2.75, 3.05) is 39.4 Å². The van der Waals surface area contributed by atoms with E-state index in [1.807, 2.05) is 25.5 Å². The molecule has 0 unspecified atom stereocenters. The van der Waals surface area contributed by atoms with Gasteiger partial charge in [-0.3, -0.25) is 4.90 Å². The number of hydrogen-bond acceptors (Lipinski definition) is 7. The molecule has 1 fully saturated rings. The number of ether oxygens (including phenoxy) is 1. The predicted octanol–water partition coefficient (Wildman–Crippen LogP) is 1.38. The van der Waals surface area contributed by atoms with Crippen molar-refractivity contribution in [2.24, 2.45) is 12.0 Å². The molecule has 29 heavy (non-hydrogen) atoms. The molecule has 162 valence electrons. The molecule has 2 N–H and O–H groups in total. The lowest BCUT2D eigenvalue weighted by atomic mass is 10.4. The van der Waals surface area contributed by atoms with Gasteiger partial charge in [-0.2, -0.15) is 0 Å². The van der Waals surface area contributed by atoms with E-state index in [2.05, 4.69) is 37.6 Å². The van der Waals surface area contributed by atoms with Gasteiger partial charge in [0.25, 0.3) is 0 Å². The van der Waals surface area contributed by atoms with Crippen molar-refractivity contribution >= 4 is 41.3 Å². The Kier molecular flexibility index (Phi) is 9.72. The summed E-state index contributed by atoms with van der Waals surface area (Å²) in [5.41, 5.74) is 1.09. The van der Waals surface area contributed by atoms with Crippen molar-refractivity contribution in [2.45, 2.75) is 33.9 Å². The first-order chi connectivity index (χ1) is 13.5. The van der Waals surface area contributed by atoms with Gasteiger partial charge < -0.3 is 19.9 Å². The highest BCUT2D eigenvalue weighted by Gasteiger charge is 2.11. The first kappa shape index (κ1) is 24.0. The lowest BCUT2D eigenvalue weighted by Crippen LogP contribution is -2.44. The third-order valence-corrected chi connectivity index (χ3v) is 5.94. The van der Waals surface area contributed by atoms with Crippen LogP contribution in [0.25, 0.3) is 0 Å². The summed E-state index contributed by atoms with van der Waals surface area (Å²) in [6.07, 6.45) is 0. The average molecular weight is 534 g/mol. The van der Waals surface area contributed by atoms with Gasteiger partial charge in [-0.1, -0.05) is 0 Å². The molecule has 2 aromatic rings. The summed E-state index contributed by atoms with van der Waals surface area (Å²) in [5, 5.41) is 16.2. The van der Waals surface area contributed by atoms with E-state index in [1.165, 1.54) is 4.88 Å². The summed E-state index contributed by atoms with van der Waals surface area (Å²) in [6, 6.07) is 0. The Hall–Kier alpha value is -1.31. The largest absolute Gasteiger partial charge is 0.379 e. The summed E-state index contributed by atoms with van der Waals surface area (Å²) in [6.45, 7) is 12.6. The molecular formula is C18H31IN8OS. The van der Waals surface area contributed by atoms with Gasteiger partial charge in [-0.15, -0.1) is 45.5 Å². The molecule has 0 bridgehead atoms. The van der Waals surface area contributed by atoms with Crippen molar-refractivity contribution in [1.82, 2.24) is 35.3 Å². The predicted molar refractivity (Wildman–Crippen MR) is 126 cm³/mol. The van der Waals surface area contributed by atoms with Gasteiger partial charge in [-0.25, -0.2) is 9.98 Å². The quantitative estimate of drug-likeness (QED) is 0.315. The molecule has 9 nitrogen and oxygen atoms in total. The van der Waals surface area contributed by atoms with Gasteiger partial charge in [0.2, 0.25) is 0 Å². The second kappa shape index (κ2) is 11.8. The van der Waals surface area contributed by atoms with Crippen molar-refractivity contribution in [3.63, 3.8) is 0 Å². The molecule has 0 atom stereocenters. The van der Waals surface area contributed by atoms with Crippen molar-refractivity contribution in [1.29, 1.82) is 0 Å². The molecule has 11 heteroatoms. The number of aliphatic imine (C=N–C) groups is 1. The first-order valence-corrected chi connectivity index (χ1v) is 10.4. The fourth-order valence-corrected chi connectivity index (χ4v) is 3.72. The first-order valence-electron chi connectivity index (χ1n) is 9.63. The van der Waals surface area contributed by atoms with Crippen LogP contribution in [0, 0.1) is 20.8 Å². The van der Waals surface area contributed by atoms with Crippen LogP contribution in [0.2, 0.25) is 0 Å². The number of thiazole rings is 1. The molecule has 0 amide bonds. The molecule has 1 saturated heterocycles. The SMILES string of the molecule is Cc1nc(CNC(=NCc2nnc(C)n2C)NCCN2CCOCC2)sc1C.I. The standard InChI is InChI=1S/C18H30N8OS.HI/c1-13-14(2)28-17(22-13)12-21-18(19-5-6-26-7-9-27-10-8-26)20-11-16-24-23-15(3)25(16)4;/h5-12H2,1-4H3,(H2,19,20,21);1H. The molecule has 3 heterocycles. The lowest BCUT2D eigenvalue weighted by molar-refractivity contribution is 0.0389. The minimum atomic E-state index is 0. The van der Waals surface area contributed by atoms with Crippen LogP contribution in [0.3, 0.4) is 0 Å². The van der Waals surface area contributed by atoms with E-state index in [-0.39, 0.29) is 24.0 Å². The molecule has 2 aromatic heterocycles. The molecule has 0 aliphatic carbocycles. The van der Waals surface area contributed by atoms with E-state index in [0.29, 0.717) is 13.1 Å². The Morgan fingerprint density at radius 2 is 1.93 bits per heavy atom. The highest BCUT2D eigenvalue weighted by atomic mass is 127. The molecule has 3 rings (SSSR count). The zero-order valence-electron chi connectivity index (χ0n) is 17.6. The van der Waals surface area contributed by atoms with E-state index < -0.39 is 0 Å². The molecular weight excluding hydrogens is 503 g/mol. The summed E-state index contributed by atoms with van der Waals surface area (Å²) in [5.74, 6) is 2.49. The maximum atomic E-state index is 5.41. The summed E-state index contributed by atoms with van der Waals surface area (Å²) in [7, 11) is 1.96. The second-order valence-corrected chi connectivity index (χ2v) is 8.16. The smallest absolute Gasteiger partial charge is 0.192 e. The topological polar surface area (TPSA) is 92.5 Å². The molecule has 0 radical (unpaired) electrons. The van der Waals surface area contributed by atoms with Crippen LogP contribution in [0.5, 0.6) is 0 Å². The third kappa shape index (κ3) is 7.15. The Labute approximate surface area is 193 Å². The third-order valence-electron chi connectivity index (χ3n) is 4.87. The van der Waals surface area contributed by atoms with Crippen LogP contribution in [-0.2, 0) is 24.9 Å². The van der Waals surface area contributed by atoms with Crippen LogP contribution in [-0.4, -0.2) is 70.0 Å². The van der Waals surface area contributed by atoms with Crippen molar-refractivity contribution < 1.29 is 4.74 Å². The number of guanidine groups is 1. The maximum absolute atomic E-state index is 5.41. The monoisotopic (exact) mass is 534 g/mol. The Balaban J connectivity index is 0.00000300. The minimum Gasteiger partial charge on any atom is -0.379 e.